The van der Waals surface area contributed by atoms with Gasteiger partial charge in [0.25, 0.3) is 0 Å². The van der Waals surface area contributed by atoms with Crippen LogP contribution in [0.25, 0.3) is 0 Å². The number of carbonyl (C=O) groups is 2. The third kappa shape index (κ3) is 3.91. The van der Waals surface area contributed by atoms with Gasteiger partial charge in [-0.3, -0.25) is 14.5 Å². The maximum atomic E-state index is 12.6. The summed E-state index contributed by atoms with van der Waals surface area (Å²) in [7, 11) is 1.67. The van der Waals surface area contributed by atoms with Crippen molar-refractivity contribution in [2.45, 2.75) is 44.6 Å². The summed E-state index contributed by atoms with van der Waals surface area (Å²) in [6, 6.07) is 0.00814. The van der Waals surface area contributed by atoms with Gasteiger partial charge in [-0.2, -0.15) is 0 Å². The first-order chi connectivity index (χ1) is 11.7. The average molecular weight is 337 g/mol. The Morgan fingerprint density at radius 1 is 1.04 bits per heavy atom. The van der Waals surface area contributed by atoms with Gasteiger partial charge in [0.05, 0.1) is 12.6 Å². The maximum absolute atomic E-state index is 12.6. The monoisotopic (exact) mass is 337 g/mol. The summed E-state index contributed by atoms with van der Waals surface area (Å²) in [5.74, 6) is 0.843. The average Bonchev–Trinajstić information content (AvgIpc) is 3.01. The summed E-state index contributed by atoms with van der Waals surface area (Å²) in [5.41, 5.74) is 0. The number of nitrogens with zero attached hydrogens (tertiary/aromatic N) is 3. The van der Waals surface area contributed by atoms with Crippen molar-refractivity contribution in [3.8, 4) is 0 Å². The van der Waals surface area contributed by atoms with Crippen molar-refractivity contribution >= 4 is 11.8 Å². The third-order valence-electron chi connectivity index (χ3n) is 5.86. The fraction of sp³-hybridized carbons (Fsp3) is 0.889. The molecule has 1 aliphatic carbocycles. The number of carbonyl (C=O) groups excluding carboxylic acids is 2. The SMILES string of the molecule is COCCN1CCC(N2CCN(C(=O)C3CCCCC3)CC2)C1=O. The first kappa shape index (κ1) is 17.7. The van der Waals surface area contributed by atoms with Crippen LogP contribution >= 0.6 is 0 Å². The molecule has 3 rings (SSSR count). The van der Waals surface area contributed by atoms with Crippen molar-refractivity contribution in [3.63, 3.8) is 0 Å². The summed E-state index contributed by atoms with van der Waals surface area (Å²) < 4.78 is 5.08. The molecule has 0 aromatic rings. The molecule has 1 saturated carbocycles. The number of rotatable bonds is 5. The smallest absolute Gasteiger partial charge is 0.240 e. The van der Waals surface area contributed by atoms with E-state index in [-0.39, 0.29) is 17.9 Å². The lowest BCUT2D eigenvalue weighted by Gasteiger charge is -2.39. The summed E-state index contributed by atoms with van der Waals surface area (Å²) in [5, 5.41) is 0. The number of hydrogen-bond donors (Lipinski definition) is 0. The van der Waals surface area contributed by atoms with Crippen LogP contribution in [0.2, 0.25) is 0 Å². The lowest BCUT2D eigenvalue weighted by Crippen LogP contribution is -2.54. The van der Waals surface area contributed by atoms with Gasteiger partial charge in [0.2, 0.25) is 11.8 Å². The molecule has 2 amide bonds. The zero-order valence-electron chi connectivity index (χ0n) is 14.9. The topological polar surface area (TPSA) is 53.1 Å². The minimum Gasteiger partial charge on any atom is -0.383 e. The Hall–Kier alpha value is -1.14. The summed E-state index contributed by atoms with van der Waals surface area (Å²) >= 11 is 0. The molecule has 1 unspecified atom stereocenters. The number of amides is 2. The highest BCUT2D eigenvalue weighted by Gasteiger charge is 2.38. The third-order valence-corrected chi connectivity index (χ3v) is 5.86. The first-order valence-electron chi connectivity index (χ1n) is 9.51. The lowest BCUT2D eigenvalue weighted by molar-refractivity contribution is -0.139. The van der Waals surface area contributed by atoms with E-state index >= 15 is 0 Å². The molecule has 2 saturated heterocycles. The van der Waals surface area contributed by atoms with Crippen molar-refractivity contribution in [3.05, 3.63) is 0 Å². The quantitative estimate of drug-likeness (QED) is 0.750. The summed E-state index contributed by atoms with van der Waals surface area (Å²) in [6.07, 6.45) is 6.71. The molecule has 0 bridgehead atoms. The minimum absolute atomic E-state index is 0.00814. The van der Waals surface area contributed by atoms with Crippen molar-refractivity contribution in [2.75, 3.05) is 53.0 Å². The normalized spacial score (nSPS) is 27.0. The molecule has 2 aliphatic heterocycles. The Morgan fingerprint density at radius 3 is 2.42 bits per heavy atom. The van der Waals surface area contributed by atoms with Gasteiger partial charge in [0, 0.05) is 52.3 Å². The molecule has 2 heterocycles. The lowest BCUT2D eigenvalue weighted by atomic mass is 9.88. The fourth-order valence-corrected chi connectivity index (χ4v) is 4.35. The standard InChI is InChI=1S/C18H31N3O3/c1-24-14-13-20-8-7-16(18(20)23)19-9-11-21(12-10-19)17(22)15-5-3-2-4-6-15/h15-16H,2-14H2,1H3. The highest BCUT2D eigenvalue weighted by molar-refractivity contribution is 5.84. The van der Waals surface area contributed by atoms with Crippen molar-refractivity contribution < 1.29 is 14.3 Å². The predicted molar refractivity (Wildman–Crippen MR) is 91.6 cm³/mol. The highest BCUT2D eigenvalue weighted by atomic mass is 16.5. The van der Waals surface area contributed by atoms with Crippen LogP contribution in [0.15, 0.2) is 0 Å². The van der Waals surface area contributed by atoms with Crippen molar-refractivity contribution in [1.29, 1.82) is 0 Å². The highest BCUT2D eigenvalue weighted by Crippen LogP contribution is 2.26. The number of likely N-dealkylation sites (tertiary alicyclic amines) is 1. The first-order valence-corrected chi connectivity index (χ1v) is 9.51. The van der Waals surface area contributed by atoms with Gasteiger partial charge in [-0.15, -0.1) is 0 Å². The Balaban J connectivity index is 1.46. The Morgan fingerprint density at radius 2 is 1.75 bits per heavy atom. The molecule has 3 aliphatic rings. The number of ether oxygens (including phenoxy) is 1. The summed E-state index contributed by atoms with van der Waals surface area (Å²) in [6.45, 7) is 5.32. The minimum atomic E-state index is 0.00814. The van der Waals surface area contributed by atoms with Gasteiger partial charge in [-0.25, -0.2) is 0 Å². The molecule has 0 aromatic heterocycles. The molecule has 6 nitrogen and oxygen atoms in total. The molecule has 0 N–H and O–H groups in total. The van der Waals surface area contributed by atoms with Crippen LogP contribution in [0.5, 0.6) is 0 Å². The largest absolute Gasteiger partial charge is 0.383 e. The second-order valence-corrected chi connectivity index (χ2v) is 7.32. The van der Waals surface area contributed by atoms with Crippen LogP contribution in [-0.2, 0) is 14.3 Å². The number of methoxy groups -OCH3 is 1. The van der Waals surface area contributed by atoms with E-state index in [9.17, 15) is 9.59 Å². The number of hydrogen-bond acceptors (Lipinski definition) is 4. The van der Waals surface area contributed by atoms with Crippen molar-refractivity contribution in [2.24, 2.45) is 5.92 Å². The molecule has 24 heavy (non-hydrogen) atoms. The second-order valence-electron chi connectivity index (χ2n) is 7.32. The zero-order valence-corrected chi connectivity index (χ0v) is 14.9. The van der Waals surface area contributed by atoms with Crippen molar-refractivity contribution in [1.82, 2.24) is 14.7 Å². The molecular weight excluding hydrogens is 306 g/mol. The molecule has 6 heteroatoms. The Labute approximate surface area is 145 Å². The van der Waals surface area contributed by atoms with Crippen LogP contribution < -0.4 is 0 Å². The van der Waals surface area contributed by atoms with Gasteiger partial charge >= 0.3 is 0 Å². The second kappa shape index (κ2) is 8.30. The summed E-state index contributed by atoms with van der Waals surface area (Å²) in [4.78, 5) is 31.4. The molecule has 136 valence electrons. The van der Waals surface area contributed by atoms with Gasteiger partial charge in [-0.05, 0) is 19.3 Å². The van der Waals surface area contributed by atoms with E-state index in [4.69, 9.17) is 4.74 Å². The van der Waals surface area contributed by atoms with Crippen LogP contribution in [0.4, 0.5) is 0 Å². The molecular formula is C18H31N3O3. The zero-order chi connectivity index (χ0) is 16.9. The van der Waals surface area contributed by atoms with Gasteiger partial charge < -0.3 is 14.5 Å². The Bertz CT molecular complexity index is 443. The predicted octanol–water partition coefficient (Wildman–Crippen LogP) is 0.958. The van der Waals surface area contributed by atoms with E-state index in [2.05, 4.69) is 4.90 Å². The van der Waals surface area contributed by atoms with Crippen LogP contribution in [0.3, 0.4) is 0 Å². The molecule has 0 radical (unpaired) electrons. The van der Waals surface area contributed by atoms with Crippen LogP contribution in [0.1, 0.15) is 38.5 Å². The van der Waals surface area contributed by atoms with E-state index in [1.165, 1.54) is 19.3 Å². The van der Waals surface area contributed by atoms with Crippen LogP contribution in [-0.4, -0.2) is 85.5 Å². The fourth-order valence-electron chi connectivity index (χ4n) is 4.35. The Kier molecular flexibility index (Phi) is 6.11. The van der Waals surface area contributed by atoms with E-state index < -0.39 is 0 Å². The van der Waals surface area contributed by atoms with E-state index in [1.54, 1.807) is 7.11 Å². The molecule has 0 aromatic carbocycles. The van der Waals surface area contributed by atoms with Gasteiger partial charge in [-0.1, -0.05) is 19.3 Å². The van der Waals surface area contributed by atoms with Gasteiger partial charge in [0.1, 0.15) is 0 Å². The molecule has 0 spiro atoms. The van der Waals surface area contributed by atoms with E-state index in [1.807, 2.05) is 9.80 Å². The van der Waals surface area contributed by atoms with Gasteiger partial charge in [0.15, 0.2) is 0 Å². The maximum Gasteiger partial charge on any atom is 0.240 e. The van der Waals surface area contributed by atoms with Crippen LogP contribution in [0, 0.1) is 5.92 Å². The number of piperazine rings is 1. The molecule has 1 atom stereocenters. The van der Waals surface area contributed by atoms with E-state index in [0.29, 0.717) is 19.1 Å². The molecule has 3 fully saturated rings. The van der Waals surface area contributed by atoms with E-state index in [0.717, 1.165) is 52.0 Å².